The highest BCUT2D eigenvalue weighted by Gasteiger charge is 2.32. The first-order chi connectivity index (χ1) is 13.4. The Balaban J connectivity index is 1.51. The summed E-state index contributed by atoms with van der Waals surface area (Å²) in [5, 5.41) is 6.13. The summed E-state index contributed by atoms with van der Waals surface area (Å²) in [4.78, 5) is 15.5. The number of benzene rings is 1. The van der Waals surface area contributed by atoms with Crippen LogP contribution in [0.4, 0.5) is 18.9 Å². The Morgan fingerprint density at radius 3 is 2.54 bits per heavy atom. The number of hydrogen-bond acceptors (Lipinski definition) is 4. The number of rotatable bonds is 6. The maximum atomic E-state index is 12.7. The lowest BCUT2D eigenvalue weighted by molar-refractivity contribution is -0.141. The molecule has 2 heterocycles. The number of pyridine rings is 1. The molecule has 1 saturated heterocycles. The van der Waals surface area contributed by atoms with Crippen LogP contribution < -0.4 is 15.4 Å². The third kappa shape index (κ3) is 5.95. The SMILES string of the molecule is O=C(CCC1CCNCC1)Nc1ccc(Oc2cccc(C(F)(F)F)n2)cc1. The van der Waals surface area contributed by atoms with Gasteiger partial charge in [-0.1, -0.05) is 6.07 Å². The standard InChI is InChI=1S/C20H22F3N3O2/c21-20(22,23)17-2-1-3-19(26-17)28-16-7-5-15(6-8-16)25-18(27)9-4-14-10-12-24-13-11-14/h1-3,5-8,14,24H,4,9-13H2,(H,25,27). The van der Waals surface area contributed by atoms with Crippen LogP contribution in [0.5, 0.6) is 11.6 Å². The highest BCUT2D eigenvalue weighted by Crippen LogP contribution is 2.30. The summed E-state index contributed by atoms with van der Waals surface area (Å²) < 4.78 is 43.5. The Hall–Kier alpha value is -2.61. The van der Waals surface area contributed by atoms with E-state index in [-0.39, 0.29) is 11.8 Å². The van der Waals surface area contributed by atoms with Crippen molar-refractivity contribution in [3.63, 3.8) is 0 Å². The molecule has 3 rings (SSSR count). The van der Waals surface area contributed by atoms with Gasteiger partial charge in [-0.25, -0.2) is 4.98 Å². The number of carbonyl (C=O) groups excluding carboxylic acids is 1. The van der Waals surface area contributed by atoms with Crippen LogP contribution in [-0.4, -0.2) is 24.0 Å². The van der Waals surface area contributed by atoms with E-state index in [2.05, 4.69) is 15.6 Å². The van der Waals surface area contributed by atoms with E-state index in [4.69, 9.17) is 4.74 Å². The molecule has 0 bridgehead atoms. The summed E-state index contributed by atoms with van der Waals surface area (Å²) >= 11 is 0. The minimum Gasteiger partial charge on any atom is -0.439 e. The first-order valence-corrected chi connectivity index (χ1v) is 9.23. The highest BCUT2D eigenvalue weighted by atomic mass is 19.4. The molecule has 0 atom stereocenters. The van der Waals surface area contributed by atoms with Crippen LogP contribution in [0.3, 0.4) is 0 Å². The minimum atomic E-state index is -4.53. The van der Waals surface area contributed by atoms with Crippen molar-refractivity contribution >= 4 is 11.6 Å². The maximum Gasteiger partial charge on any atom is 0.433 e. The number of nitrogens with one attached hydrogen (secondary N) is 2. The summed E-state index contributed by atoms with van der Waals surface area (Å²) in [6.45, 7) is 2.02. The number of carbonyl (C=O) groups is 1. The van der Waals surface area contributed by atoms with Gasteiger partial charge in [-0.15, -0.1) is 0 Å². The second-order valence-corrected chi connectivity index (χ2v) is 6.77. The highest BCUT2D eigenvalue weighted by molar-refractivity contribution is 5.90. The summed E-state index contributed by atoms with van der Waals surface area (Å²) in [5.41, 5.74) is -0.401. The number of halogens is 3. The van der Waals surface area contributed by atoms with Crippen LogP contribution in [0.15, 0.2) is 42.5 Å². The molecule has 0 radical (unpaired) electrons. The molecule has 1 aromatic carbocycles. The number of nitrogens with zero attached hydrogens (tertiary/aromatic N) is 1. The van der Waals surface area contributed by atoms with Gasteiger partial charge in [-0.05, 0) is 68.6 Å². The zero-order valence-electron chi connectivity index (χ0n) is 15.3. The Kier molecular flexibility index (Phi) is 6.51. The van der Waals surface area contributed by atoms with Crippen LogP contribution in [0.1, 0.15) is 31.4 Å². The zero-order chi connectivity index (χ0) is 20.0. The van der Waals surface area contributed by atoms with E-state index in [1.54, 1.807) is 24.3 Å². The van der Waals surface area contributed by atoms with Crippen molar-refractivity contribution in [1.29, 1.82) is 0 Å². The lowest BCUT2D eigenvalue weighted by atomic mass is 9.93. The smallest absolute Gasteiger partial charge is 0.433 e. The lowest BCUT2D eigenvalue weighted by Crippen LogP contribution is -2.28. The van der Waals surface area contributed by atoms with Crippen molar-refractivity contribution in [2.45, 2.75) is 31.9 Å². The van der Waals surface area contributed by atoms with Crippen molar-refractivity contribution in [1.82, 2.24) is 10.3 Å². The van der Waals surface area contributed by atoms with E-state index >= 15 is 0 Å². The molecule has 1 aromatic heterocycles. The number of alkyl halides is 3. The van der Waals surface area contributed by atoms with Gasteiger partial charge >= 0.3 is 6.18 Å². The first-order valence-electron chi connectivity index (χ1n) is 9.23. The molecule has 1 aliphatic heterocycles. The number of amides is 1. The maximum absolute atomic E-state index is 12.7. The van der Waals surface area contributed by atoms with Gasteiger partial charge in [0.1, 0.15) is 11.4 Å². The van der Waals surface area contributed by atoms with Crippen LogP contribution in [0, 0.1) is 5.92 Å². The summed E-state index contributed by atoms with van der Waals surface area (Å²) in [6.07, 6.45) is -0.986. The van der Waals surface area contributed by atoms with Crippen LogP contribution >= 0.6 is 0 Å². The molecule has 0 unspecified atom stereocenters. The van der Waals surface area contributed by atoms with Crippen LogP contribution in [0.25, 0.3) is 0 Å². The van der Waals surface area contributed by atoms with Crippen molar-refractivity contribution in [3.8, 4) is 11.6 Å². The van der Waals surface area contributed by atoms with E-state index in [0.29, 0.717) is 23.8 Å². The number of hydrogen-bond donors (Lipinski definition) is 2. The molecule has 150 valence electrons. The van der Waals surface area contributed by atoms with E-state index in [1.165, 1.54) is 12.1 Å². The van der Waals surface area contributed by atoms with Crippen molar-refractivity contribution < 1.29 is 22.7 Å². The van der Waals surface area contributed by atoms with E-state index in [9.17, 15) is 18.0 Å². The predicted molar refractivity (Wildman–Crippen MR) is 99.2 cm³/mol. The third-order valence-electron chi connectivity index (χ3n) is 4.61. The second-order valence-electron chi connectivity index (χ2n) is 6.77. The molecule has 0 aliphatic carbocycles. The second kappa shape index (κ2) is 9.05. The average molecular weight is 393 g/mol. The summed E-state index contributed by atoms with van der Waals surface area (Å²) in [6, 6.07) is 9.91. The van der Waals surface area contributed by atoms with Gasteiger partial charge in [0.05, 0.1) is 0 Å². The van der Waals surface area contributed by atoms with Gasteiger partial charge in [0, 0.05) is 18.2 Å². The van der Waals surface area contributed by atoms with Gasteiger partial charge in [-0.2, -0.15) is 13.2 Å². The largest absolute Gasteiger partial charge is 0.439 e. The summed E-state index contributed by atoms with van der Waals surface area (Å²) in [7, 11) is 0. The number of anilines is 1. The van der Waals surface area contributed by atoms with Crippen LogP contribution in [0.2, 0.25) is 0 Å². The van der Waals surface area contributed by atoms with Crippen molar-refractivity contribution in [3.05, 3.63) is 48.2 Å². The van der Waals surface area contributed by atoms with E-state index in [0.717, 1.165) is 38.4 Å². The molecule has 8 heteroatoms. The summed E-state index contributed by atoms with van der Waals surface area (Å²) in [5.74, 6) is 0.725. The fourth-order valence-electron chi connectivity index (χ4n) is 3.09. The molecule has 0 spiro atoms. The quantitative estimate of drug-likeness (QED) is 0.752. The van der Waals surface area contributed by atoms with Crippen molar-refractivity contribution in [2.75, 3.05) is 18.4 Å². The number of piperidine rings is 1. The molecule has 28 heavy (non-hydrogen) atoms. The predicted octanol–water partition coefficient (Wildman–Crippen LogP) is 4.61. The van der Waals surface area contributed by atoms with Crippen LogP contribution in [-0.2, 0) is 11.0 Å². The molecule has 5 nitrogen and oxygen atoms in total. The minimum absolute atomic E-state index is 0.0493. The fraction of sp³-hybridized carbons (Fsp3) is 0.400. The Bertz CT molecular complexity index is 788. The molecule has 2 N–H and O–H groups in total. The monoisotopic (exact) mass is 393 g/mol. The molecule has 1 aliphatic rings. The Labute approximate surface area is 161 Å². The number of aromatic nitrogens is 1. The first kappa shape index (κ1) is 20.1. The topological polar surface area (TPSA) is 63.2 Å². The molecule has 2 aromatic rings. The van der Waals surface area contributed by atoms with E-state index < -0.39 is 11.9 Å². The van der Waals surface area contributed by atoms with Gasteiger partial charge in [0.2, 0.25) is 11.8 Å². The van der Waals surface area contributed by atoms with Gasteiger partial charge in [0.15, 0.2) is 0 Å². The van der Waals surface area contributed by atoms with Gasteiger partial charge in [0.25, 0.3) is 0 Å². The Morgan fingerprint density at radius 1 is 1.14 bits per heavy atom. The van der Waals surface area contributed by atoms with Crippen molar-refractivity contribution in [2.24, 2.45) is 5.92 Å². The van der Waals surface area contributed by atoms with Gasteiger partial charge in [-0.3, -0.25) is 4.79 Å². The normalized spacial score (nSPS) is 15.2. The molecular formula is C20H22F3N3O2. The van der Waals surface area contributed by atoms with E-state index in [1.807, 2.05) is 0 Å². The molecule has 1 amide bonds. The Morgan fingerprint density at radius 2 is 1.86 bits per heavy atom. The third-order valence-corrected chi connectivity index (χ3v) is 4.61. The zero-order valence-corrected chi connectivity index (χ0v) is 15.3. The van der Waals surface area contributed by atoms with Gasteiger partial charge < -0.3 is 15.4 Å². The number of ether oxygens (including phenoxy) is 1. The molecule has 0 saturated carbocycles. The molecule has 1 fully saturated rings. The fourth-order valence-corrected chi connectivity index (χ4v) is 3.09. The average Bonchev–Trinajstić information content (AvgIpc) is 2.68. The molecular weight excluding hydrogens is 371 g/mol. The lowest BCUT2D eigenvalue weighted by Gasteiger charge is -2.22.